The number of hydrogen-bond donors (Lipinski definition) is 2. The van der Waals surface area contributed by atoms with Gasteiger partial charge in [-0.1, -0.05) is 19.1 Å². The molecule has 0 saturated carbocycles. The second-order valence-corrected chi connectivity index (χ2v) is 6.79. The van der Waals surface area contributed by atoms with Crippen molar-refractivity contribution in [2.75, 3.05) is 31.2 Å². The summed E-state index contributed by atoms with van der Waals surface area (Å²) in [7, 11) is -3.11. The fourth-order valence-corrected chi connectivity index (χ4v) is 3.42. The topological polar surface area (TPSA) is 76.7 Å². The van der Waals surface area contributed by atoms with Crippen molar-refractivity contribution in [1.82, 2.24) is 5.32 Å². The van der Waals surface area contributed by atoms with Crippen LogP contribution in [0.15, 0.2) is 24.3 Å². The van der Waals surface area contributed by atoms with Crippen molar-refractivity contribution in [3.8, 4) is 0 Å². The van der Waals surface area contributed by atoms with Gasteiger partial charge in [-0.25, -0.2) is 4.79 Å². The van der Waals surface area contributed by atoms with Gasteiger partial charge in [-0.3, -0.25) is 4.57 Å². The summed E-state index contributed by atoms with van der Waals surface area (Å²) in [4.78, 5) is 11.8. The minimum Gasteiger partial charge on any atom is -0.337 e. The van der Waals surface area contributed by atoms with Crippen molar-refractivity contribution < 1.29 is 18.4 Å². The molecular formula is C15H25N2O4P. The average molecular weight is 328 g/mol. The van der Waals surface area contributed by atoms with Gasteiger partial charge in [-0.05, 0) is 38.0 Å². The van der Waals surface area contributed by atoms with Crippen molar-refractivity contribution >= 4 is 19.3 Å². The molecule has 7 heteroatoms. The number of anilines is 1. The van der Waals surface area contributed by atoms with Crippen LogP contribution in [0, 0.1) is 0 Å². The van der Waals surface area contributed by atoms with E-state index in [1.807, 2.05) is 24.3 Å². The van der Waals surface area contributed by atoms with Crippen LogP contribution in [-0.2, 0) is 20.0 Å². The zero-order valence-electron chi connectivity index (χ0n) is 13.4. The van der Waals surface area contributed by atoms with Crippen LogP contribution in [0.3, 0.4) is 0 Å². The van der Waals surface area contributed by atoms with E-state index >= 15 is 0 Å². The molecule has 6 nitrogen and oxygen atoms in total. The highest BCUT2D eigenvalue weighted by molar-refractivity contribution is 7.53. The number of aryl methyl sites for hydroxylation is 1. The molecule has 124 valence electrons. The van der Waals surface area contributed by atoms with Gasteiger partial charge < -0.3 is 19.7 Å². The molecule has 0 aliphatic heterocycles. The Morgan fingerprint density at radius 3 is 2.45 bits per heavy atom. The van der Waals surface area contributed by atoms with Crippen LogP contribution < -0.4 is 10.6 Å². The average Bonchev–Trinajstić information content (AvgIpc) is 2.47. The maximum Gasteiger partial charge on any atom is 0.332 e. The normalized spacial score (nSPS) is 11.2. The molecule has 0 fully saturated rings. The van der Waals surface area contributed by atoms with E-state index < -0.39 is 7.60 Å². The van der Waals surface area contributed by atoms with Crippen molar-refractivity contribution in [3.63, 3.8) is 0 Å². The smallest absolute Gasteiger partial charge is 0.332 e. The molecule has 0 aliphatic carbocycles. The lowest BCUT2D eigenvalue weighted by molar-refractivity contribution is 0.220. The lowest BCUT2D eigenvalue weighted by atomic mass is 10.1. The summed E-state index contributed by atoms with van der Waals surface area (Å²) in [5.41, 5.74) is 1.88. The van der Waals surface area contributed by atoms with Crippen LogP contribution in [0.25, 0.3) is 0 Å². The largest absolute Gasteiger partial charge is 0.337 e. The molecule has 0 saturated heterocycles. The molecular weight excluding hydrogens is 303 g/mol. The van der Waals surface area contributed by atoms with Crippen LogP contribution in [-0.4, -0.2) is 32.0 Å². The van der Waals surface area contributed by atoms with Gasteiger partial charge in [0.1, 0.15) is 0 Å². The Morgan fingerprint density at radius 1 is 1.18 bits per heavy atom. The van der Waals surface area contributed by atoms with E-state index in [-0.39, 0.29) is 18.7 Å². The summed E-state index contributed by atoms with van der Waals surface area (Å²) in [6.45, 7) is 6.41. The number of benzene rings is 1. The van der Waals surface area contributed by atoms with Gasteiger partial charge >= 0.3 is 13.6 Å². The summed E-state index contributed by atoms with van der Waals surface area (Å²) in [6.07, 6.45) is 1.06. The fraction of sp³-hybridized carbons (Fsp3) is 0.533. The van der Waals surface area contributed by atoms with Gasteiger partial charge in [0.05, 0.1) is 19.4 Å². The molecule has 0 bridgehead atoms. The third-order valence-electron chi connectivity index (χ3n) is 2.92. The molecule has 0 spiro atoms. The summed E-state index contributed by atoms with van der Waals surface area (Å²) in [6, 6.07) is 7.30. The molecule has 1 aromatic rings. The van der Waals surface area contributed by atoms with Gasteiger partial charge in [0.2, 0.25) is 0 Å². The lowest BCUT2D eigenvalue weighted by Gasteiger charge is -2.17. The van der Waals surface area contributed by atoms with Crippen LogP contribution >= 0.6 is 7.60 Å². The highest BCUT2D eigenvalue weighted by Gasteiger charge is 2.23. The Bertz CT molecular complexity index is 512. The third-order valence-corrected chi connectivity index (χ3v) is 4.99. The number of amides is 2. The molecule has 1 aromatic carbocycles. The molecule has 2 amide bonds. The van der Waals surface area contributed by atoms with Gasteiger partial charge in [0.25, 0.3) is 0 Å². The predicted octanol–water partition coefficient (Wildman–Crippen LogP) is 3.64. The second-order valence-electron chi connectivity index (χ2n) is 4.60. The first kappa shape index (κ1) is 18.7. The van der Waals surface area contributed by atoms with Crippen molar-refractivity contribution in [2.45, 2.75) is 27.2 Å². The molecule has 0 aromatic heterocycles. The maximum absolute atomic E-state index is 12.2. The molecule has 0 heterocycles. The van der Waals surface area contributed by atoms with E-state index in [0.717, 1.165) is 17.7 Å². The van der Waals surface area contributed by atoms with Crippen molar-refractivity contribution in [1.29, 1.82) is 0 Å². The highest BCUT2D eigenvalue weighted by atomic mass is 31.2. The predicted molar refractivity (Wildman–Crippen MR) is 88.6 cm³/mol. The van der Waals surface area contributed by atoms with Crippen LogP contribution in [0.2, 0.25) is 0 Å². The van der Waals surface area contributed by atoms with Crippen LogP contribution in [0.5, 0.6) is 0 Å². The number of carbonyl (C=O) groups is 1. The van der Waals surface area contributed by atoms with E-state index in [9.17, 15) is 9.36 Å². The summed E-state index contributed by atoms with van der Waals surface area (Å²) >= 11 is 0. The summed E-state index contributed by atoms with van der Waals surface area (Å²) < 4.78 is 22.5. The maximum atomic E-state index is 12.2. The highest BCUT2D eigenvalue weighted by Crippen LogP contribution is 2.47. The van der Waals surface area contributed by atoms with Crippen molar-refractivity contribution in [3.05, 3.63) is 29.8 Å². The first-order chi connectivity index (χ1) is 10.5. The fourth-order valence-electron chi connectivity index (χ4n) is 1.91. The Hall–Kier alpha value is -1.36. The third kappa shape index (κ3) is 6.60. The minimum atomic E-state index is -3.11. The Labute approximate surface area is 132 Å². The van der Waals surface area contributed by atoms with E-state index in [0.29, 0.717) is 13.2 Å². The van der Waals surface area contributed by atoms with Crippen LogP contribution in [0.4, 0.5) is 10.5 Å². The van der Waals surface area contributed by atoms with Gasteiger partial charge in [0.15, 0.2) is 0 Å². The SMILES string of the molecule is CCOP(=O)(CCNC(=O)Nc1cccc(CC)c1)OCC. The molecule has 0 atom stereocenters. The van der Waals surface area contributed by atoms with Gasteiger partial charge in [-0.15, -0.1) is 0 Å². The Balaban J connectivity index is 2.43. The molecule has 0 unspecified atom stereocenters. The zero-order valence-corrected chi connectivity index (χ0v) is 14.3. The molecule has 1 rings (SSSR count). The van der Waals surface area contributed by atoms with Gasteiger partial charge in [-0.2, -0.15) is 0 Å². The monoisotopic (exact) mass is 328 g/mol. The first-order valence-corrected chi connectivity index (χ1v) is 9.27. The van der Waals surface area contributed by atoms with E-state index in [2.05, 4.69) is 17.6 Å². The summed E-state index contributed by atoms with van der Waals surface area (Å²) in [5.74, 6) is 0. The Kier molecular flexibility index (Phi) is 8.17. The van der Waals surface area contributed by atoms with E-state index in [1.165, 1.54) is 0 Å². The zero-order chi connectivity index (χ0) is 16.4. The lowest BCUT2D eigenvalue weighted by Crippen LogP contribution is -2.31. The number of carbonyl (C=O) groups excluding carboxylic acids is 1. The molecule has 0 aliphatic rings. The number of nitrogens with one attached hydrogen (secondary N) is 2. The van der Waals surface area contributed by atoms with Gasteiger partial charge in [0, 0.05) is 12.2 Å². The number of rotatable bonds is 9. The van der Waals surface area contributed by atoms with E-state index in [4.69, 9.17) is 9.05 Å². The quantitative estimate of drug-likeness (QED) is 0.679. The Morgan fingerprint density at radius 2 is 1.86 bits per heavy atom. The number of urea groups is 1. The second kappa shape index (κ2) is 9.62. The van der Waals surface area contributed by atoms with E-state index in [1.54, 1.807) is 13.8 Å². The number of hydrogen-bond acceptors (Lipinski definition) is 4. The first-order valence-electron chi connectivity index (χ1n) is 7.55. The molecule has 2 N–H and O–H groups in total. The molecule has 0 radical (unpaired) electrons. The summed E-state index contributed by atoms with van der Waals surface area (Å²) in [5, 5.41) is 5.40. The van der Waals surface area contributed by atoms with Crippen LogP contribution in [0.1, 0.15) is 26.3 Å². The minimum absolute atomic E-state index is 0.150. The molecule has 22 heavy (non-hydrogen) atoms. The van der Waals surface area contributed by atoms with Crippen molar-refractivity contribution in [2.24, 2.45) is 0 Å². The standard InChI is InChI=1S/C15H25N2O4P/c1-4-13-8-7-9-14(12-13)17-15(18)16-10-11-22(19,20-5-2)21-6-3/h7-9,12H,4-6,10-11H2,1-3H3,(H2,16,17,18).